The summed E-state index contributed by atoms with van der Waals surface area (Å²) in [6, 6.07) is 1.89. The van der Waals surface area contributed by atoms with Crippen LogP contribution in [0.5, 0.6) is 5.75 Å². The second-order valence-corrected chi connectivity index (χ2v) is 3.18. The van der Waals surface area contributed by atoms with Crippen LogP contribution in [0.15, 0.2) is 12.1 Å². The summed E-state index contributed by atoms with van der Waals surface area (Å²) >= 11 is 0. The summed E-state index contributed by atoms with van der Waals surface area (Å²) in [5.41, 5.74) is 0.342. The number of hydrogen-bond donors (Lipinski definition) is 2. The first-order valence-electron chi connectivity index (χ1n) is 4.07. The molecule has 4 heteroatoms. The second kappa shape index (κ2) is 2.96. The van der Waals surface area contributed by atoms with Crippen molar-refractivity contribution in [3.63, 3.8) is 0 Å². The number of hydrogen-bond acceptors (Lipinski definition) is 2. The van der Waals surface area contributed by atoms with Gasteiger partial charge in [-0.2, -0.15) is 0 Å². The van der Waals surface area contributed by atoms with Crippen molar-refractivity contribution < 1.29 is 13.9 Å². The van der Waals surface area contributed by atoms with Gasteiger partial charge < -0.3 is 10.4 Å². The molecule has 1 aliphatic rings. The summed E-state index contributed by atoms with van der Waals surface area (Å²) < 4.78 is 26.0. The van der Waals surface area contributed by atoms with Crippen LogP contribution in [0.4, 0.5) is 8.78 Å². The van der Waals surface area contributed by atoms with E-state index in [1.807, 2.05) is 0 Å². The highest BCUT2D eigenvalue weighted by atomic mass is 19.1. The van der Waals surface area contributed by atoms with Gasteiger partial charge in [-0.3, -0.25) is 0 Å². The smallest absolute Gasteiger partial charge is 0.165 e. The minimum Gasteiger partial charge on any atom is -0.505 e. The third-order valence-electron chi connectivity index (χ3n) is 2.29. The summed E-state index contributed by atoms with van der Waals surface area (Å²) in [6.07, 6.45) is 0. The van der Waals surface area contributed by atoms with Crippen molar-refractivity contribution in [2.75, 3.05) is 13.1 Å². The van der Waals surface area contributed by atoms with Crippen LogP contribution in [0.2, 0.25) is 0 Å². The highest BCUT2D eigenvalue weighted by molar-refractivity contribution is 5.33. The summed E-state index contributed by atoms with van der Waals surface area (Å²) in [4.78, 5) is 0. The van der Waals surface area contributed by atoms with Crippen LogP contribution in [-0.4, -0.2) is 18.2 Å². The Morgan fingerprint density at radius 2 is 1.92 bits per heavy atom. The molecule has 0 spiro atoms. The normalized spacial score (nSPS) is 17.1. The van der Waals surface area contributed by atoms with Crippen molar-refractivity contribution in [2.24, 2.45) is 0 Å². The highest BCUT2D eigenvalue weighted by Crippen LogP contribution is 2.27. The lowest BCUT2D eigenvalue weighted by Gasteiger charge is -2.27. The number of nitrogens with one attached hydrogen (secondary N) is 1. The number of rotatable bonds is 1. The van der Waals surface area contributed by atoms with Crippen LogP contribution < -0.4 is 5.32 Å². The molecule has 0 radical (unpaired) electrons. The Kier molecular flexibility index (Phi) is 1.92. The van der Waals surface area contributed by atoms with Crippen LogP contribution in [0.1, 0.15) is 11.5 Å². The van der Waals surface area contributed by atoms with Gasteiger partial charge in [0.1, 0.15) is 5.82 Å². The molecule has 0 amide bonds. The number of halogens is 2. The largest absolute Gasteiger partial charge is 0.505 e. The third kappa shape index (κ3) is 1.37. The van der Waals surface area contributed by atoms with Gasteiger partial charge in [0, 0.05) is 25.1 Å². The molecule has 2 N–H and O–H groups in total. The number of phenolic OH excluding ortho intramolecular Hbond substituents is 1. The van der Waals surface area contributed by atoms with Gasteiger partial charge in [-0.25, -0.2) is 8.78 Å². The van der Waals surface area contributed by atoms with Gasteiger partial charge in [0.05, 0.1) is 0 Å². The van der Waals surface area contributed by atoms with Crippen LogP contribution in [0.3, 0.4) is 0 Å². The van der Waals surface area contributed by atoms with Crippen LogP contribution in [0, 0.1) is 11.6 Å². The van der Waals surface area contributed by atoms with Gasteiger partial charge in [0.15, 0.2) is 11.6 Å². The van der Waals surface area contributed by atoms with E-state index < -0.39 is 17.4 Å². The van der Waals surface area contributed by atoms with Crippen LogP contribution >= 0.6 is 0 Å². The van der Waals surface area contributed by atoms with Crippen molar-refractivity contribution in [3.8, 4) is 5.75 Å². The zero-order valence-corrected chi connectivity index (χ0v) is 6.85. The molecule has 1 aromatic carbocycles. The summed E-state index contributed by atoms with van der Waals surface area (Å²) in [5, 5.41) is 11.8. The lowest BCUT2D eigenvalue weighted by Crippen LogP contribution is -2.40. The van der Waals surface area contributed by atoms with E-state index in [1.54, 1.807) is 0 Å². The van der Waals surface area contributed by atoms with Crippen molar-refractivity contribution in [3.05, 3.63) is 29.3 Å². The number of aromatic hydroxyl groups is 1. The quantitative estimate of drug-likeness (QED) is 0.692. The van der Waals surface area contributed by atoms with Gasteiger partial charge in [0.25, 0.3) is 0 Å². The van der Waals surface area contributed by atoms with Gasteiger partial charge >= 0.3 is 0 Å². The third-order valence-corrected chi connectivity index (χ3v) is 2.29. The maximum atomic E-state index is 13.1. The van der Waals surface area contributed by atoms with E-state index in [2.05, 4.69) is 5.32 Å². The molecule has 1 aliphatic heterocycles. The van der Waals surface area contributed by atoms with E-state index in [1.165, 1.54) is 0 Å². The number of phenols is 1. The fourth-order valence-electron chi connectivity index (χ4n) is 1.37. The SMILES string of the molecule is Oc1cc(F)c(C2CNC2)cc1F. The Labute approximate surface area is 74.2 Å². The average molecular weight is 185 g/mol. The molecule has 0 unspecified atom stereocenters. The Morgan fingerprint density at radius 3 is 2.46 bits per heavy atom. The van der Waals surface area contributed by atoms with Gasteiger partial charge in [-0.05, 0) is 11.6 Å². The fraction of sp³-hybridized carbons (Fsp3) is 0.333. The van der Waals surface area contributed by atoms with E-state index in [-0.39, 0.29) is 5.92 Å². The molecule has 13 heavy (non-hydrogen) atoms. The Morgan fingerprint density at radius 1 is 1.23 bits per heavy atom. The summed E-state index contributed by atoms with van der Waals surface area (Å²) in [6.45, 7) is 1.34. The van der Waals surface area contributed by atoms with Gasteiger partial charge in [-0.1, -0.05) is 0 Å². The molecule has 0 aliphatic carbocycles. The molecular weight excluding hydrogens is 176 g/mol. The van der Waals surface area contributed by atoms with Gasteiger partial charge in [0.2, 0.25) is 0 Å². The zero-order chi connectivity index (χ0) is 9.42. The second-order valence-electron chi connectivity index (χ2n) is 3.18. The molecule has 0 bridgehead atoms. The molecule has 0 saturated carbocycles. The first-order chi connectivity index (χ1) is 6.18. The lowest BCUT2D eigenvalue weighted by molar-refractivity contribution is 0.406. The minimum absolute atomic E-state index is 0.0371. The molecule has 0 aromatic heterocycles. The molecule has 2 nitrogen and oxygen atoms in total. The first-order valence-corrected chi connectivity index (χ1v) is 4.07. The summed E-state index contributed by atoms with van der Waals surface area (Å²) in [5.74, 6) is -1.89. The molecule has 1 saturated heterocycles. The van der Waals surface area contributed by atoms with E-state index in [0.29, 0.717) is 18.7 Å². The van der Waals surface area contributed by atoms with Crippen molar-refractivity contribution in [2.45, 2.75) is 5.92 Å². The van der Waals surface area contributed by atoms with Crippen molar-refractivity contribution in [1.29, 1.82) is 0 Å². The van der Waals surface area contributed by atoms with E-state index >= 15 is 0 Å². The first kappa shape index (κ1) is 8.44. The molecular formula is C9H9F2NO. The monoisotopic (exact) mass is 185 g/mol. The number of benzene rings is 1. The average Bonchev–Trinajstić information content (AvgIpc) is 1.96. The van der Waals surface area contributed by atoms with E-state index in [4.69, 9.17) is 5.11 Å². The topological polar surface area (TPSA) is 32.3 Å². The predicted molar refractivity (Wildman–Crippen MR) is 43.6 cm³/mol. The lowest BCUT2D eigenvalue weighted by atomic mass is 9.93. The van der Waals surface area contributed by atoms with Gasteiger partial charge in [-0.15, -0.1) is 0 Å². The van der Waals surface area contributed by atoms with Crippen LogP contribution in [0.25, 0.3) is 0 Å². The van der Waals surface area contributed by atoms with E-state index in [0.717, 1.165) is 12.1 Å². The Hall–Kier alpha value is -1.16. The molecule has 70 valence electrons. The zero-order valence-electron chi connectivity index (χ0n) is 6.85. The summed E-state index contributed by atoms with van der Waals surface area (Å²) in [7, 11) is 0. The molecule has 1 aromatic rings. The fourth-order valence-corrected chi connectivity index (χ4v) is 1.37. The Balaban J connectivity index is 2.39. The maximum absolute atomic E-state index is 13.1. The standard InChI is InChI=1S/C9H9F2NO/c10-7-2-9(13)8(11)1-6(7)5-3-12-4-5/h1-2,5,12-13H,3-4H2. The molecule has 1 heterocycles. The molecule has 2 rings (SSSR count). The molecule has 0 atom stereocenters. The van der Waals surface area contributed by atoms with E-state index in [9.17, 15) is 8.78 Å². The maximum Gasteiger partial charge on any atom is 0.165 e. The minimum atomic E-state index is -0.761. The van der Waals surface area contributed by atoms with Crippen molar-refractivity contribution >= 4 is 0 Å². The van der Waals surface area contributed by atoms with Crippen LogP contribution in [-0.2, 0) is 0 Å². The Bertz CT molecular complexity index is 337. The highest BCUT2D eigenvalue weighted by Gasteiger charge is 2.23. The van der Waals surface area contributed by atoms with Crippen molar-refractivity contribution in [1.82, 2.24) is 5.32 Å². The molecule has 1 fully saturated rings. The predicted octanol–water partition coefficient (Wildman–Crippen LogP) is 1.36.